The maximum atomic E-state index is 10.5. The zero-order chi connectivity index (χ0) is 15.2. The molecule has 0 aliphatic heterocycles. The zero-order valence-electron chi connectivity index (χ0n) is 12.0. The van der Waals surface area contributed by atoms with Crippen molar-refractivity contribution in [2.45, 2.75) is 23.7 Å². The first-order valence-electron chi connectivity index (χ1n) is 7.45. The minimum atomic E-state index is -0.422. The van der Waals surface area contributed by atoms with E-state index in [0.717, 1.165) is 12.1 Å². The van der Waals surface area contributed by atoms with Crippen LogP contribution in [0, 0.1) is 23.2 Å². The molecule has 22 heavy (non-hydrogen) atoms. The lowest BCUT2D eigenvalue weighted by atomic mass is 9.97. The molecule has 0 aromatic carbocycles. The predicted octanol–water partition coefficient (Wildman–Crippen LogP) is 0.291. The highest BCUT2D eigenvalue weighted by Crippen LogP contribution is 2.80. The number of aliphatic hydroxyl groups is 2. The Kier molecular flexibility index (Phi) is 2.34. The number of aromatic nitrogens is 4. The largest absolute Gasteiger partial charge is 0.396 e. The first-order valence-corrected chi connectivity index (χ1v) is 8.68. The van der Waals surface area contributed by atoms with Gasteiger partial charge in [-0.3, -0.25) is 0 Å². The fourth-order valence-electron chi connectivity index (χ4n) is 4.71. The van der Waals surface area contributed by atoms with Crippen LogP contribution in [0.5, 0.6) is 0 Å². The molecule has 0 spiro atoms. The van der Waals surface area contributed by atoms with Crippen molar-refractivity contribution in [3.05, 3.63) is 6.33 Å². The second kappa shape index (κ2) is 3.93. The van der Waals surface area contributed by atoms with Crippen LogP contribution in [0.15, 0.2) is 11.5 Å². The van der Waals surface area contributed by atoms with Gasteiger partial charge in [0.1, 0.15) is 5.52 Å². The van der Waals surface area contributed by atoms with E-state index in [2.05, 4.69) is 15.0 Å². The average Bonchev–Trinajstić information content (AvgIpc) is 3.37. The van der Waals surface area contributed by atoms with Crippen LogP contribution in [-0.4, -0.2) is 48.7 Å². The number of rotatable bonds is 3. The van der Waals surface area contributed by atoms with Gasteiger partial charge in [-0.15, -0.1) is 0 Å². The number of aliphatic hydroxyl groups excluding tert-OH is 2. The molecule has 2 aromatic rings. The van der Waals surface area contributed by atoms with E-state index < -0.39 is 6.10 Å². The molecule has 2 aromatic heterocycles. The minimum absolute atomic E-state index is 0.0922. The quantitative estimate of drug-likeness (QED) is 0.551. The van der Waals surface area contributed by atoms with E-state index in [9.17, 15) is 10.2 Å². The summed E-state index contributed by atoms with van der Waals surface area (Å²) in [5.74, 6) is 1.46. The molecule has 3 aliphatic rings. The maximum Gasteiger partial charge on any atom is 0.191 e. The second-order valence-electron chi connectivity index (χ2n) is 6.71. The van der Waals surface area contributed by atoms with E-state index in [-0.39, 0.29) is 24.0 Å². The molecule has 3 saturated carbocycles. The molecular formula is C14H17N5O2S. The third kappa shape index (κ3) is 1.34. The van der Waals surface area contributed by atoms with Gasteiger partial charge >= 0.3 is 0 Å². The van der Waals surface area contributed by atoms with Gasteiger partial charge in [0.25, 0.3) is 0 Å². The van der Waals surface area contributed by atoms with Crippen LogP contribution >= 0.6 is 11.8 Å². The highest BCUT2D eigenvalue weighted by molar-refractivity contribution is 7.98. The van der Waals surface area contributed by atoms with Crippen LogP contribution in [0.4, 0.5) is 5.82 Å². The summed E-state index contributed by atoms with van der Waals surface area (Å²) in [6.07, 6.45) is 4.19. The highest BCUT2D eigenvalue weighted by Gasteiger charge is 2.81. The van der Waals surface area contributed by atoms with Gasteiger partial charge < -0.3 is 20.5 Å². The standard InChI is InChI=1S/C14H17N5O2S/c1-22-13-17-11(15)8-12(18-13)19(4-16-8)9-6-5-2-14(5,3-20)10(21)7(6)9/h4-7,9-10,20-21H,2-3H2,1H3,(H2,15,17,18). The van der Waals surface area contributed by atoms with Gasteiger partial charge in [0.15, 0.2) is 16.6 Å². The van der Waals surface area contributed by atoms with Crippen molar-refractivity contribution in [3.63, 3.8) is 0 Å². The van der Waals surface area contributed by atoms with Crippen LogP contribution in [0.25, 0.3) is 11.2 Å². The van der Waals surface area contributed by atoms with Crippen LogP contribution in [0.2, 0.25) is 0 Å². The molecule has 8 heteroatoms. The summed E-state index contributed by atoms with van der Waals surface area (Å²) < 4.78 is 2.05. The summed E-state index contributed by atoms with van der Waals surface area (Å²) in [4.78, 5) is 13.1. The van der Waals surface area contributed by atoms with Crippen molar-refractivity contribution in [2.75, 3.05) is 18.6 Å². The van der Waals surface area contributed by atoms with Gasteiger partial charge in [-0.05, 0) is 24.5 Å². The van der Waals surface area contributed by atoms with Crippen LogP contribution in [0.3, 0.4) is 0 Å². The van der Waals surface area contributed by atoms with Crippen molar-refractivity contribution in [3.8, 4) is 0 Å². The number of thioether (sulfide) groups is 1. The topological polar surface area (TPSA) is 110 Å². The third-order valence-corrected chi connectivity index (χ3v) is 6.46. The molecule has 6 unspecified atom stereocenters. The van der Waals surface area contributed by atoms with Gasteiger partial charge in [-0.1, -0.05) is 11.8 Å². The smallest absolute Gasteiger partial charge is 0.191 e. The lowest BCUT2D eigenvalue weighted by molar-refractivity contribution is 0.0385. The summed E-state index contributed by atoms with van der Waals surface area (Å²) >= 11 is 1.45. The van der Waals surface area contributed by atoms with E-state index in [4.69, 9.17) is 5.73 Å². The third-order valence-electron chi connectivity index (χ3n) is 5.91. The molecule has 2 heterocycles. The Morgan fingerprint density at radius 3 is 2.91 bits per heavy atom. The molecule has 3 fully saturated rings. The predicted molar refractivity (Wildman–Crippen MR) is 81.2 cm³/mol. The highest BCUT2D eigenvalue weighted by atomic mass is 32.2. The Balaban J connectivity index is 1.56. The number of hydrogen-bond acceptors (Lipinski definition) is 7. The van der Waals surface area contributed by atoms with Crippen molar-refractivity contribution in [1.82, 2.24) is 19.5 Å². The lowest BCUT2D eigenvalue weighted by Crippen LogP contribution is -2.28. The van der Waals surface area contributed by atoms with E-state index in [1.165, 1.54) is 11.8 Å². The molecule has 0 bridgehead atoms. The molecule has 116 valence electrons. The Bertz CT molecular complexity index is 791. The lowest BCUT2D eigenvalue weighted by Gasteiger charge is -2.19. The first-order chi connectivity index (χ1) is 10.6. The monoisotopic (exact) mass is 319 g/mol. The number of imidazole rings is 1. The van der Waals surface area contributed by atoms with Crippen LogP contribution < -0.4 is 5.73 Å². The summed E-state index contributed by atoms with van der Waals surface area (Å²) in [6, 6.07) is 0.219. The zero-order valence-corrected chi connectivity index (χ0v) is 12.9. The minimum Gasteiger partial charge on any atom is -0.396 e. The van der Waals surface area contributed by atoms with E-state index in [0.29, 0.717) is 28.3 Å². The summed E-state index contributed by atoms with van der Waals surface area (Å²) in [6.45, 7) is 0.0922. The second-order valence-corrected chi connectivity index (χ2v) is 7.49. The Morgan fingerprint density at radius 2 is 2.27 bits per heavy atom. The summed E-state index contributed by atoms with van der Waals surface area (Å²) in [7, 11) is 0. The molecule has 5 rings (SSSR count). The van der Waals surface area contributed by atoms with Crippen LogP contribution in [-0.2, 0) is 0 Å². The first kappa shape index (κ1) is 13.1. The fourth-order valence-corrected chi connectivity index (χ4v) is 5.08. The molecular weight excluding hydrogens is 302 g/mol. The van der Waals surface area contributed by atoms with Crippen LogP contribution in [0.1, 0.15) is 12.5 Å². The van der Waals surface area contributed by atoms with Crippen molar-refractivity contribution in [2.24, 2.45) is 23.2 Å². The summed E-state index contributed by atoms with van der Waals surface area (Å²) in [5.41, 5.74) is 7.12. The number of anilines is 1. The number of hydrogen-bond donors (Lipinski definition) is 3. The van der Waals surface area contributed by atoms with Gasteiger partial charge in [0.05, 0.1) is 19.0 Å². The summed E-state index contributed by atoms with van der Waals surface area (Å²) in [5, 5.41) is 20.7. The van der Waals surface area contributed by atoms with Gasteiger partial charge in [0, 0.05) is 17.4 Å². The van der Waals surface area contributed by atoms with Crippen molar-refractivity contribution >= 4 is 28.7 Å². The fraction of sp³-hybridized carbons (Fsp3) is 0.643. The van der Waals surface area contributed by atoms with Crippen molar-refractivity contribution in [1.29, 1.82) is 0 Å². The number of nitrogens with two attached hydrogens (primary N) is 1. The molecule has 0 radical (unpaired) electrons. The van der Waals surface area contributed by atoms with E-state index in [1.807, 2.05) is 10.8 Å². The molecule has 7 nitrogen and oxygen atoms in total. The molecule has 4 N–H and O–H groups in total. The van der Waals surface area contributed by atoms with Gasteiger partial charge in [0.2, 0.25) is 0 Å². The van der Waals surface area contributed by atoms with Gasteiger partial charge in [-0.2, -0.15) is 0 Å². The van der Waals surface area contributed by atoms with E-state index in [1.54, 1.807) is 6.33 Å². The average molecular weight is 319 g/mol. The normalized spacial score (nSPS) is 41.5. The number of nitrogen functional groups attached to an aromatic ring is 1. The SMILES string of the molecule is CSc1nc(N)c2ncn(C3C4C3C3CC3(CO)C4O)c2n1. The van der Waals surface area contributed by atoms with Gasteiger partial charge in [-0.25, -0.2) is 15.0 Å². The maximum absolute atomic E-state index is 10.5. The molecule has 0 saturated heterocycles. The van der Waals surface area contributed by atoms with E-state index >= 15 is 0 Å². The number of nitrogens with zero attached hydrogens (tertiary/aromatic N) is 4. The molecule has 3 aliphatic carbocycles. The Labute approximate surface area is 131 Å². The number of fused-ring (bicyclic) bond motifs is 4. The van der Waals surface area contributed by atoms with Crippen molar-refractivity contribution < 1.29 is 10.2 Å². The molecule has 6 atom stereocenters. The Hall–Kier alpha value is -1.38. The molecule has 0 amide bonds. The Morgan fingerprint density at radius 1 is 1.45 bits per heavy atom.